The first kappa shape index (κ1) is 14.2. The molecule has 0 spiro atoms. The van der Waals surface area contributed by atoms with Crippen LogP contribution in [0.1, 0.15) is 35.7 Å². The Morgan fingerprint density at radius 3 is 2.82 bits per heavy atom. The summed E-state index contributed by atoms with van der Waals surface area (Å²) in [6, 6.07) is 4.53. The molecule has 1 rings (SSSR count). The summed E-state index contributed by atoms with van der Waals surface area (Å²) < 4.78 is 13.3. The molecule has 0 aliphatic carbocycles. The Balaban J connectivity index is 2.50. The van der Waals surface area contributed by atoms with Crippen molar-refractivity contribution in [3.8, 4) is 0 Å². The van der Waals surface area contributed by atoms with Crippen molar-refractivity contribution >= 4 is 21.8 Å². The van der Waals surface area contributed by atoms with Gasteiger partial charge >= 0.3 is 0 Å². The fourth-order valence-corrected chi connectivity index (χ4v) is 1.61. The molecular formula is C13H17BrFNO. The number of aryl methyl sites for hydroxylation is 1. The number of rotatable bonds is 5. The first-order chi connectivity index (χ1) is 8.04. The van der Waals surface area contributed by atoms with Crippen LogP contribution in [-0.4, -0.2) is 17.3 Å². The van der Waals surface area contributed by atoms with Gasteiger partial charge in [0.05, 0.1) is 0 Å². The summed E-state index contributed by atoms with van der Waals surface area (Å²) in [5, 5.41) is 2.78. The molecule has 0 saturated carbocycles. The highest BCUT2D eigenvalue weighted by molar-refractivity contribution is 9.09. The third kappa shape index (κ3) is 4.46. The summed E-state index contributed by atoms with van der Waals surface area (Å²) in [4.78, 5) is 12.1. The minimum absolute atomic E-state index is 0.222. The number of benzene rings is 1. The quantitative estimate of drug-likeness (QED) is 0.830. The Hall–Kier alpha value is -0.900. The Kier molecular flexibility index (Phi) is 5.62. The van der Waals surface area contributed by atoms with E-state index < -0.39 is 0 Å². The van der Waals surface area contributed by atoms with Crippen LogP contribution >= 0.6 is 15.9 Å². The number of carbonyl (C=O) groups excluding carboxylic acids is 1. The second kappa shape index (κ2) is 6.74. The molecule has 1 aromatic carbocycles. The molecule has 2 nitrogen and oxygen atoms in total. The highest BCUT2D eigenvalue weighted by Crippen LogP contribution is 2.10. The molecule has 1 aromatic rings. The molecule has 0 saturated heterocycles. The summed E-state index contributed by atoms with van der Waals surface area (Å²) >= 11 is 3.49. The maximum atomic E-state index is 13.3. The molecule has 1 amide bonds. The fourth-order valence-electron chi connectivity index (χ4n) is 1.38. The van der Waals surface area contributed by atoms with Crippen molar-refractivity contribution in [2.45, 2.75) is 31.5 Å². The van der Waals surface area contributed by atoms with Crippen LogP contribution in [0.5, 0.6) is 0 Å². The predicted molar refractivity (Wildman–Crippen MR) is 71.1 cm³/mol. The minimum Gasteiger partial charge on any atom is -0.352 e. The number of halogens is 2. The van der Waals surface area contributed by atoms with Gasteiger partial charge in [0.1, 0.15) is 5.82 Å². The van der Waals surface area contributed by atoms with Crippen molar-refractivity contribution in [3.05, 3.63) is 35.1 Å². The van der Waals surface area contributed by atoms with Gasteiger partial charge in [-0.25, -0.2) is 4.39 Å². The summed E-state index contributed by atoms with van der Waals surface area (Å²) in [7, 11) is 0. The Morgan fingerprint density at radius 1 is 1.53 bits per heavy atom. The van der Waals surface area contributed by atoms with Crippen LogP contribution in [0, 0.1) is 12.7 Å². The van der Waals surface area contributed by atoms with Crippen LogP contribution in [0.2, 0.25) is 0 Å². The lowest BCUT2D eigenvalue weighted by Crippen LogP contribution is -2.26. The van der Waals surface area contributed by atoms with Crippen molar-refractivity contribution in [2.75, 3.05) is 6.54 Å². The number of alkyl halides is 1. The third-order valence-electron chi connectivity index (χ3n) is 2.62. The Morgan fingerprint density at radius 2 is 2.24 bits per heavy atom. The van der Waals surface area contributed by atoms with Crippen molar-refractivity contribution < 1.29 is 9.18 Å². The van der Waals surface area contributed by atoms with E-state index in [-0.39, 0.29) is 11.7 Å². The number of carbonyl (C=O) groups is 1. The van der Waals surface area contributed by atoms with E-state index in [2.05, 4.69) is 28.2 Å². The van der Waals surface area contributed by atoms with Crippen molar-refractivity contribution in [1.29, 1.82) is 0 Å². The van der Waals surface area contributed by atoms with E-state index >= 15 is 0 Å². The predicted octanol–water partition coefficient (Wildman–Crippen LogP) is 3.43. The smallest absolute Gasteiger partial charge is 0.251 e. The zero-order chi connectivity index (χ0) is 12.8. The average Bonchev–Trinajstić information content (AvgIpc) is 2.32. The lowest BCUT2D eigenvalue weighted by Gasteiger charge is -2.08. The van der Waals surface area contributed by atoms with E-state index in [1.165, 1.54) is 6.07 Å². The molecule has 4 heteroatoms. The van der Waals surface area contributed by atoms with Crippen LogP contribution in [0.4, 0.5) is 4.39 Å². The second-order valence-corrected chi connectivity index (χ2v) is 5.31. The van der Waals surface area contributed by atoms with Gasteiger partial charge in [-0.15, -0.1) is 0 Å². The molecule has 1 N–H and O–H groups in total. The number of hydrogen-bond acceptors (Lipinski definition) is 1. The maximum absolute atomic E-state index is 13.3. The zero-order valence-electron chi connectivity index (χ0n) is 10.1. The van der Waals surface area contributed by atoms with E-state index in [9.17, 15) is 9.18 Å². The van der Waals surface area contributed by atoms with Crippen LogP contribution in [0.15, 0.2) is 18.2 Å². The molecule has 0 heterocycles. The van der Waals surface area contributed by atoms with Gasteiger partial charge in [0.15, 0.2) is 0 Å². The maximum Gasteiger partial charge on any atom is 0.251 e. The van der Waals surface area contributed by atoms with E-state index in [4.69, 9.17) is 0 Å². The van der Waals surface area contributed by atoms with Gasteiger partial charge < -0.3 is 5.32 Å². The van der Waals surface area contributed by atoms with Gasteiger partial charge in [0, 0.05) is 16.9 Å². The van der Waals surface area contributed by atoms with E-state index in [1.54, 1.807) is 19.1 Å². The highest BCUT2D eigenvalue weighted by atomic mass is 79.9. The van der Waals surface area contributed by atoms with Gasteiger partial charge in [-0.2, -0.15) is 0 Å². The molecule has 0 aromatic heterocycles. The molecule has 0 fully saturated rings. The lowest BCUT2D eigenvalue weighted by atomic mass is 10.1. The van der Waals surface area contributed by atoms with Crippen LogP contribution in [0.3, 0.4) is 0 Å². The van der Waals surface area contributed by atoms with Crippen molar-refractivity contribution in [1.82, 2.24) is 5.32 Å². The molecule has 17 heavy (non-hydrogen) atoms. The molecule has 0 aliphatic rings. The molecular weight excluding hydrogens is 285 g/mol. The highest BCUT2D eigenvalue weighted by Gasteiger charge is 2.08. The van der Waals surface area contributed by atoms with Gasteiger partial charge in [-0.3, -0.25) is 4.79 Å². The lowest BCUT2D eigenvalue weighted by molar-refractivity contribution is 0.0952. The molecule has 1 unspecified atom stereocenters. The minimum atomic E-state index is -0.343. The normalized spacial score (nSPS) is 12.2. The van der Waals surface area contributed by atoms with Gasteiger partial charge in [0.25, 0.3) is 5.91 Å². The number of nitrogens with one attached hydrogen (secondary N) is 1. The summed E-state index contributed by atoms with van der Waals surface area (Å²) in [5.41, 5.74) is 0.920. The summed E-state index contributed by atoms with van der Waals surface area (Å²) in [5.74, 6) is -0.565. The van der Waals surface area contributed by atoms with Gasteiger partial charge in [-0.1, -0.05) is 28.9 Å². The standard InChI is InChI=1S/C13H17BrFNO/c1-3-11(14)6-7-16-13(17)10-5-4-9(2)12(15)8-10/h4-5,8,11H,3,6-7H2,1-2H3,(H,16,17). The molecule has 0 radical (unpaired) electrons. The van der Waals surface area contributed by atoms with Crippen molar-refractivity contribution in [3.63, 3.8) is 0 Å². The van der Waals surface area contributed by atoms with Gasteiger partial charge in [-0.05, 0) is 37.5 Å². The molecule has 0 aliphatic heterocycles. The molecule has 94 valence electrons. The molecule has 1 atom stereocenters. The number of hydrogen-bond donors (Lipinski definition) is 1. The van der Waals surface area contributed by atoms with Crippen LogP contribution in [0.25, 0.3) is 0 Å². The van der Waals surface area contributed by atoms with E-state index in [0.717, 1.165) is 12.8 Å². The average molecular weight is 302 g/mol. The first-order valence-electron chi connectivity index (χ1n) is 5.73. The first-order valence-corrected chi connectivity index (χ1v) is 6.64. The summed E-state index contributed by atoms with van der Waals surface area (Å²) in [6.07, 6.45) is 1.89. The molecule has 0 bridgehead atoms. The van der Waals surface area contributed by atoms with Crippen LogP contribution in [-0.2, 0) is 0 Å². The van der Waals surface area contributed by atoms with Crippen LogP contribution < -0.4 is 5.32 Å². The Labute approximate surface area is 110 Å². The van der Waals surface area contributed by atoms with Crippen molar-refractivity contribution in [2.24, 2.45) is 0 Å². The second-order valence-electron chi connectivity index (χ2n) is 4.01. The number of amides is 1. The van der Waals surface area contributed by atoms with Gasteiger partial charge in [0.2, 0.25) is 0 Å². The topological polar surface area (TPSA) is 29.1 Å². The zero-order valence-corrected chi connectivity index (χ0v) is 11.7. The fraction of sp³-hybridized carbons (Fsp3) is 0.462. The largest absolute Gasteiger partial charge is 0.352 e. The van der Waals surface area contributed by atoms with E-state index in [1.807, 2.05) is 0 Å². The third-order valence-corrected chi connectivity index (χ3v) is 3.73. The Bertz CT molecular complexity index is 395. The SMILES string of the molecule is CCC(Br)CCNC(=O)c1ccc(C)c(F)c1. The van der Waals surface area contributed by atoms with E-state index in [0.29, 0.717) is 22.5 Å². The summed E-state index contributed by atoms with van der Waals surface area (Å²) in [6.45, 7) is 4.35. The monoisotopic (exact) mass is 301 g/mol.